The molecule has 0 heterocycles. The lowest BCUT2D eigenvalue weighted by Gasteiger charge is -2.35. The van der Waals surface area contributed by atoms with Crippen molar-refractivity contribution in [2.24, 2.45) is 11.3 Å². The summed E-state index contributed by atoms with van der Waals surface area (Å²) in [4.78, 5) is 0. The first kappa shape index (κ1) is 14.0. The van der Waals surface area contributed by atoms with Crippen molar-refractivity contribution in [1.29, 1.82) is 0 Å². The second-order valence-corrected chi connectivity index (χ2v) is 6.19. The van der Waals surface area contributed by atoms with Crippen LogP contribution in [0, 0.1) is 11.3 Å². The highest BCUT2D eigenvalue weighted by atomic mass is 14.9. The fourth-order valence-corrected chi connectivity index (χ4v) is 3.30. The molecule has 0 aromatic rings. The lowest BCUT2D eigenvalue weighted by Crippen LogP contribution is -2.41. The van der Waals surface area contributed by atoms with Crippen LogP contribution in [0.2, 0.25) is 0 Å². The molecule has 1 aliphatic carbocycles. The Labute approximate surface area is 102 Å². The van der Waals surface area contributed by atoms with Crippen LogP contribution in [-0.4, -0.2) is 12.6 Å². The van der Waals surface area contributed by atoms with E-state index in [1.165, 1.54) is 51.5 Å². The van der Waals surface area contributed by atoms with Gasteiger partial charge in [-0.2, -0.15) is 0 Å². The van der Waals surface area contributed by atoms with Gasteiger partial charge in [0.05, 0.1) is 0 Å². The average molecular weight is 225 g/mol. The Hall–Kier alpha value is -0.0400. The second-order valence-electron chi connectivity index (χ2n) is 6.19. The first-order valence-corrected chi connectivity index (χ1v) is 7.35. The molecule has 1 fully saturated rings. The first-order valence-electron chi connectivity index (χ1n) is 7.35. The van der Waals surface area contributed by atoms with Gasteiger partial charge in [-0.25, -0.2) is 0 Å². The van der Waals surface area contributed by atoms with E-state index in [1.54, 1.807) is 0 Å². The summed E-state index contributed by atoms with van der Waals surface area (Å²) < 4.78 is 0. The zero-order chi connectivity index (χ0) is 12.0. The third-order valence-corrected chi connectivity index (χ3v) is 4.35. The predicted molar refractivity (Wildman–Crippen MR) is 72.7 cm³/mol. The van der Waals surface area contributed by atoms with Crippen LogP contribution in [0.25, 0.3) is 0 Å². The highest BCUT2D eigenvalue weighted by molar-refractivity contribution is 4.92. The van der Waals surface area contributed by atoms with E-state index < -0.39 is 0 Å². The molecule has 0 bridgehead atoms. The van der Waals surface area contributed by atoms with Gasteiger partial charge in [-0.05, 0) is 43.6 Å². The molecule has 0 aromatic carbocycles. The van der Waals surface area contributed by atoms with E-state index in [9.17, 15) is 0 Å². The summed E-state index contributed by atoms with van der Waals surface area (Å²) in [5.74, 6) is 0.908. The molecule has 1 nitrogen and oxygen atoms in total. The smallest absolute Gasteiger partial charge is 0.0100 e. The van der Waals surface area contributed by atoms with E-state index >= 15 is 0 Å². The highest BCUT2D eigenvalue weighted by Crippen LogP contribution is 2.45. The molecular formula is C15H31N. The van der Waals surface area contributed by atoms with Crippen LogP contribution in [0.5, 0.6) is 0 Å². The van der Waals surface area contributed by atoms with Gasteiger partial charge in [0.25, 0.3) is 0 Å². The van der Waals surface area contributed by atoms with Gasteiger partial charge in [-0.3, -0.25) is 0 Å². The van der Waals surface area contributed by atoms with Crippen molar-refractivity contribution in [3.05, 3.63) is 0 Å². The second kappa shape index (κ2) is 6.64. The number of rotatable bonds is 7. The average Bonchev–Trinajstić information content (AvgIpc) is 2.59. The monoisotopic (exact) mass is 225 g/mol. The van der Waals surface area contributed by atoms with E-state index in [-0.39, 0.29) is 0 Å². The Morgan fingerprint density at radius 2 is 2.00 bits per heavy atom. The van der Waals surface area contributed by atoms with Gasteiger partial charge < -0.3 is 5.32 Å². The van der Waals surface area contributed by atoms with E-state index in [0.717, 1.165) is 12.0 Å². The molecule has 2 atom stereocenters. The van der Waals surface area contributed by atoms with Gasteiger partial charge in [-0.15, -0.1) is 0 Å². The van der Waals surface area contributed by atoms with Crippen LogP contribution in [0.4, 0.5) is 0 Å². The maximum Gasteiger partial charge on any atom is 0.0100 e. The van der Waals surface area contributed by atoms with Crippen LogP contribution in [0.3, 0.4) is 0 Å². The van der Waals surface area contributed by atoms with Crippen molar-refractivity contribution in [1.82, 2.24) is 5.32 Å². The highest BCUT2D eigenvalue weighted by Gasteiger charge is 2.38. The third kappa shape index (κ3) is 3.76. The summed E-state index contributed by atoms with van der Waals surface area (Å²) in [5, 5.41) is 3.80. The summed E-state index contributed by atoms with van der Waals surface area (Å²) in [6.45, 7) is 10.7. The summed E-state index contributed by atoms with van der Waals surface area (Å²) in [6.07, 6.45) is 9.66. The van der Waals surface area contributed by atoms with Crippen LogP contribution in [-0.2, 0) is 0 Å². The summed E-state index contributed by atoms with van der Waals surface area (Å²) in [6, 6.07) is 0.775. The van der Waals surface area contributed by atoms with Crippen molar-refractivity contribution >= 4 is 0 Å². The molecule has 1 heteroatoms. The fraction of sp³-hybridized carbons (Fsp3) is 1.00. The quantitative estimate of drug-likeness (QED) is 0.678. The lowest BCUT2D eigenvalue weighted by atomic mass is 9.76. The third-order valence-electron chi connectivity index (χ3n) is 4.35. The molecule has 96 valence electrons. The summed E-state index contributed by atoms with van der Waals surface area (Å²) in [5.41, 5.74) is 0.569. The van der Waals surface area contributed by atoms with Gasteiger partial charge >= 0.3 is 0 Å². The molecule has 0 aromatic heterocycles. The minimum Gasteiger partial charge on any atom is -0.314 e. The van der Waals surface area contributed by atoms with Crippen LogP contribution >= 0.6 is 0 Å². The van der Waals surface area contributed by atoms with Crippen LogP contribution < -0.4 is 5.32 Å². The molecule has 0 spiro atoms. The normalized spacial score (nSPS) is 25.9. The Morgan fingerprint density at radius 1 is 1.25 bits per heavy atom. The summed E-state index contributed by atoms with van der Waals surface area (Å²) >= 11 is 0. The van der Waals surface area contributed by atoms with Gasteiger partial charge in [0.2, 0.25) is 0 Å². The van der Waals surface area contributed by atoms with Gasteiger partial charge in [0, 0.05) is 6.04 Å². The van der Waals surface area contributed by atoms with Crippen molar-refractivity contribution < 1.29 is 0 Å². The minimum atomic E-state index is 0.569. The first-order chi connectivity index (χ1) is 7.61. The molecule has 0 aliphatic heterocycles. The molecule has 0 amide bonds. The van der Waals surface area contributed by atoms with E-state index in [4.69, 9.17) is 0 Å². The van der Waals surface area contributed by atoms with Crippen LogP contribution in [0.1, 0.15) is 72.6 Å². The topological polar surface area (TPSA) is 12.0 Å². The zero-order valence-corrected chi connectivity index (χ0v) is 11.8. The van der Waals surface area contributed by atoms with Crippen molar-refractivity contribution in [2.45, 2.75) is 78.7 Å². The van der Waals surface area contributed by atoms with E-state index in [0.29, 0.717) is 5.41 Å². The number of hydrogen-bond acceptors (Lipinski definition) is 1. The minimum absolute atomic E-state index is 0.569. The largest absolute Gasteiger partial charge is 0.314 e. The Balaban J connectivity index is 2.52. The maximum atomic E-state index is 3.80. The molecule has 1 aliphatic rings. The van der Waals surface area contributed by atoms with Crippen molar-refractivity contribution in [3.8, 4) is 0 Å². The number of unbranched alkanes of at least 4 members (excludes halogenated alkanes) is 1. The van der Waals surface area contributed by atoms with E-state index in [1.807, 2.05) is 0 Å². The molecular weight excluding hydrogens is 194 g/mol. The van der Waals surface area contributed by atoms with Crippen molar-refractivity contribution in [3.63, 3.8) is 0 Å². The standard InChI is InChI=1S/C15H31N/c1-5-7-10-14(16-12-6-2)13-9-8-11-15(13,3)4/h13-14,16H,5-12H2,1-4H3. The predicted octanol–water partition coefficient (Wildman–Crippen LogP) is 4.37. The van der Waals surface area contributed by atoms with Gasteiger partial charge in [0.1, 0.15) is 0 Å². The van der Waals surface area contributed by atoms with Crippen molar-refractivity contribution in [2.75, 3.05) is 6.54 Å². The molecule has 0 saturated heterocycles. The molecule has 16 heavy (non-hydrogen) atoms. The lowest BCUT2D eigenvalue weighted by molar-refractivity contribution is 0.187. The molecule has 2 unspecified atom stereocenters. The maximum absolute atomic E-state index is 3.80. The number of nitrogens with one attached hydrogen (secondary N) is 1. The van der Waals surface area contributed by atoms with E-state index in [2.05, 4.69) is 33.0 Å². The van der Waals surface area contributed by atoms with Gasteiger partial charge in [0.15, 0.2) is 0 Å². The molecule has 1 rings (SSSR count). The Kier molecular flexibility index (Phi) is 5.82. The van der Waals surface area contributed by atoms with Gasteiger partial charge in [-0.1, -0.05) is 47.0 Å². The number of hydrogen-bond donors (Lipinski definition) is 1. The molecule has 0 radical (unpaired) electrons. The van der Waals surface area contributed by atoms with Crippen LogP contribution in [0.15, 0.2) is 0 Å². The Bertz CT molecular complexity index is 178. The fourth-order valence-electron chi connectivity index (χ4n) is 3.30. The Morgan fingerprint density at radius 3 is 2.50 bits per heavy atom. The SMILES string of the molecule is CCCCC(NCCC)C1CCCC1(C)C. The summed E-state index contributed by atoms with van der Waals surface area (Å²) in [7, 11) is 0. The molecule has 1 N–H and O–H groups in total. The zero-order valence-electron chi connectivity index (χ0n) is 11.8. The molecule has 1 saturated carbocycles.